The fraction of sp³-hybridized carbons (Fsp3) is 0.333. The zero-order valence-corrected chi connectivity index (χ0v) is 15.5. The predicted octanol–water partition coefficient (Wildman–Crippen LogP) is 0.673. The van der Waals surface area contributed by atoms with Crippen molar-refractivity contribution in [2.45, 2.75) is 12.3 Å². The van der Waals surface area contributed by atoms with E-state index in [0.29, 0.717) is 0 Å². The van der Waals surface area contributed by atoms with E-state index < -0.39 is 33.7 Å². The first-order chi connectivity index (χ1) is 13.0. The third-order valence-corrected chi connectivity index (χ3v) is 4.62. The normalized spacial score (nSPS) is 13.1. The second kappa shape index (κ2) is 8.23. The fourth-order valence-corrected chi connectivity index (χ4v) is 3.28. The Labute approximate surface area is 160 Å². The topological polar surface area (TPSA) is 111 Å². The number of aromatic nitrogens is 2. The Hall–Kier alpha value is -2.54. The molecule has 0 aliphatic carbocycles. The molecule has 0 fully saturated rings. The summed E-state index contributed by atoms with van der Waals surface area (Å²) in [5.74, 6) is -2.26. The molecule has 13 heteroatoms. The van der Waals surface area contributed by atoms with Crippen molar-refractivity contribution in [1.82, 2.24) is 9.97 Å². The van der Waals surface area contributed by atoms with E-state index in [1.54, 1.807) is 4.72 Å². The number of aliphatic hydroxyl groups is 1. The van der Waals surface area contributed by atoms with Gasteiger partial charge in [0.25, 0.3) is 0 Å². The van der Waals surface area contributed by atoms with Crippen molar-refractivity contribution >= 4 is 29.0 Å². The highest BCUT2D eigenvalue weighted by Gasteiger charge is 2.36. The molecule has 1 heterocycles. The highest BCUT2D eigenvalue weighted by molar-refractivity contribution is 7.92. The molecule has 1 aromatic heterocycles. The number of rotatable bonds is 7. The lowest BCUT2D eigenvalue weighted by atomic mass is 9.90. The minimum atomic E-state index is -4.96. The zero-order chi connectivity index (χ0) is 21.1. The van der Waals surface area contributed by atoms with Crippen LogP contribution >= 0.6 is 0 Å². The van der Waals surface area contributed by atoms with Gasteiger partial charge in [-0.05, 0) is 0 Å². The van der Waals surface area contributed by atoms with Gasteiger partial charge in [0, 0.05) is 11.3 Å². The van der Waals surface area contributed by atoms with E-state index in [0.717, 1.165) is 0 Å². The van der Waals surface area contributed by atoms with Crippen LogP contribution in [-0.4, -0.2) is 57.5 Å². The number of alkyl halides is 3. The lowest BCUT2D eigenvalue weighted by Crippen LogP contribution is -2.30. The van der Waals surface area contributed by atoms with Crippen molar-refractivity contribution < 1.29 is 36.2 Å². The molecule has 0 bridgehead atoms. The van der Waals surface area contributed by atoms with Gasteiger partial charge in [-0.15, -0.1) is 0 Å². The second-order valence-corrected chi connectivity index (χ2v) is 7.22. The average Bonchev–Trinajstić information content (AvgIpc) is 2.60. The Morgan fingerprint density at radius 2 is 1.79 bits per heavy atom. The number of sulfonamides is 1. The summed E-state index contributed by atoms with van der Waals surface area (Å²) in [7, 11) is 3.51. The minimum Gasteiger partial charge on any atom is -0.481 e. The molecular weight excluding hydrogens is 402 g/mol. The van der Waals surface area contributed by atoms with Crippen LogP contribution in [0.1, 0.15) is 17.5 Å². The maximum atomic E-state index is 12.5. The third kappa shape index (κ3) is 5.49. The van der Waals surface area contributed by atoms with Gasteiger partial charge in [0.2, 0.25) is 21.8 Å². The first-order valence-electron chi connectivity index (χ1n) is 7.56. The molecular formula is C15H15BF3N3O5S. The highest BCUT2D eigenvalue weighted by atomic mass is 32.2. The average molecular weight is 417 g/mol. The predicted molar refractivity (Wildman–Crippen MR) is 94.5 cm³/mol. The number of anilines is 1. The van der Waals surface area contributed by atoms with Crippen LogP contribution in [0.4, 0.5) is 18.9 Å². The number of ether oxygens (including phenoxy) is 2. The van der Waals surface area contributed by atoms with Gasteiger partial charge in [0.15, 0.2) is 11.6 Å². The van der Waals surface area contributed by atoms with E-state index in [9.17, 15) is 26.7 Å². The molecule has 28 heavy (non-hydrogen) atoms. The lowest BCUT2D eigenvalue weighted by molar-refractivity contribution is -0.106. The van der Waals surface area contributed by atoms with Crippen molar-refractivity contribution in [2.24, 2.45) is 0 Å². The van der Waals surface area contributed by atoms with Crippen molar-refractivity contribution in [3.63, 3.8) is 0 Å². The van der Waals surface area contributed by atoms with Crippen molar-refractivity contribution in [1.29, 1.82) is 0 Å². The van der Waals surface area contributed by atoms with E-state index in [4.69, 9.17) is 17.3 Å². The Morgan fingerprint density at radius 1 is 1.21 bits per heavy atom. The maximum Gasteiger partial charge on any atom is 0.404 e. The van der Waals surface area contributed by atoms with Crippen molar-refractivity contribution in [3.8, 4) is 11.8 Å². The Balaban J connectivity index is 2.49. The molecule has 2 aromatic rings. The molecule has 2 radical (unpaired) electrons. The summed E-state index contributed by atoms with van der Waals surface area (Å²) in [6.07, 6.45) is -6.60. The molecule has 1 atom stereocenters. The summed E-state index contributed by atoms with van der Waals surface area (Å²) in [6, 6.07) is 5.24. The van der Waals surface area contributed by atoms with Gasteiger partial charge in [-0.3, -0.25) is 4.72 Å². The molecule has 0 saturated carbocycles. The van der Waals surface area contributed by atoms with Gasteiger partial charge in [-0.2, -0.15) is 23.1 Å². The van der Waals surface area contributed by atoms with Crippen LogP contribution in [0.3, 0.4) is 0 Å². The first-order valence-corrected chi connectivity index (χ1v) is 9.21. The SMILES string of the molecule is [B]c1cccc(C(O)c2nc(OC)cc(OC)n2)c1NS(=O)(=O)CC(F)(F)F. The first kappa shape index (κ1) is 21.8. The lowest BCUT2D eigenvalue weighted by Gasteiger charge is -2.19. The number of nitrogens with one attached hydrogen (secondary N) is 1. The Morgan fingerprint density at radius 3 is 2.29 bits per heavy atom. The molecule has 0 saturated heterocycles. The molecule has 2 N–H and O–H groups in total. The van der Waals surface area contributed by atoms with E-state index in [2.05, 4.69) is 9.97 Å². The van der Waals surface area contributed by atoms with Gasteiger partial charge in [0.1, 0.15) is 14.0 Å². The Bertz CT molecular complexity index is 934. The van der Waals surface area contributed by atoms with Crippen LogP contribution in [0.15, 0.2) is 24.3 Å². The van der Waals surface area contributed by atoms with Crippen LogP contribution < -0.4 is 19.7 Å². The van der Waals surface area contributed by atoms with Crippen LogP contribution in [0, 0.1) is 0 Å². The summed E-state index contributed by atoms with van der Waals surface area (Å²) < 4.78 is 72.9. The molecule has 1 unspecified atom stereocenters. The summed E-state index contributed by atoms with van der Waals surface area (Å²) in [6.45, 7) is 0. The summed E-state index contributed by atoms with van der Waals surface area (Å²) in [4.78, 5) is 7.88. The monoisotopic (exact) mass is 417 g/mol. The largest absolute Gasteiger partial charge is 0.481 e. The molecule has 2 rings (SSSR count). The number of hydrogen-bond acceptors (Lipinski definition) is 7. The molecule has 0 spiro atoms. The molecule has 1 aromatic carbocycles. The van der Waals surface area contributed by atoms with Crippen molar-refractivity contribution in [2.75, 3.05) is 24.7 Å². The third-order valence-electron chi connectivity index (χ3n) is 3.39. The summed E-state index contributed by atoms with van der Waals surface area (Å²) in [5.41, 5.74) is -0.761. The minimum absolute atomic E-state index is 0.0454. The smallest absolute Gasteiger partial charge is 0.404 e. The number of nitrogens with zero attached hydrogens (tertiary/aromatic N) is 2. The molecule has 0 amide bonds. The molecule has 0 aliphatic heterocycles. The molecule has 0 aliphatic rings. The number of aliphatic hydroxyl groups excluding tert-OH is 1. The number of hydrogen-bond donors (Lipinski definition) is 2. The van der Waals surface area contributed by atoms with Gasteiger partial charge >= 0.3 is 6.18 Å². The quantitative estimate of drug-likeness (QED) is 0.638. The van der Waals surface area contributed by atoms with Crippen LogP contribution in [0.2, 0.25) is 0 Å². The second-order valence-electron chi connectivity index (χ2n) is 5.50. The van der Waals surface area contributed by atoms with E-state index in [1.165, 1.54) is 38.5 Å². The highest BCUT2D eigenvalue weighted by Crippen LogP contribution is 2.29. The number of methoxy groups -OCH3 is 2. The van der Waals surface area contributed by atoms with Crippen LogP contribution in [0.5, 0.6) is 11.8 Å². The van der Waals surface area contributed by atoms with E-state index in [-0.39, 0.29) is 28.6 Å². The Kier molecular flexibility index (Phi) is 6.39. The number of para-hydroxylation sites is 1. The standard InChI is InChI=1S/C15H15BF3N3O5S/c1-26-10-6-11(27-2)21-14(20-10)13(23)8-4-3-5-9(16)12(8)22-28(24,25)7-15(17,18)19/h3-6,13,22-23H,7H2,1-2H3. The van der Waals surface area contributed by atoms with Crippen molar-refractivity contribution in [3.05, 3.63) is 35.7 Å². The maximum absolute atomic E-state index is 12.5. The zero-order valence-electron chi connectivity index (χ0n) is 14.7. The van der Waals surface area contributed by atoms with Crippen LogP contribution in [-0.2, 0) is 10.0 Å². The van der Waals surface area contributed by atoms with Gasteiger partial charge < -0.3 is 14.6 Å². The van der Waals surface area contributed by atoms with Gasteiger partial charge in [0.05, 0.1) is 20.3 Å². The number of halogens is 3. The van der Waals surface area contributed by atoms with Gasteiger partial charge in [-0.1, -0.05) is 23.7 Å². The molecule has 8 nitrogen and oxygen atoms in total. The fourth-order valence-electron chi connectivity index (χ4n) is 2.23. The molecule has 150 valence electrons. The van der Waals surface area contributed by atoms with E-state index in [1.807, 2.05) is 0 Å². The van der Waals surface area contributed by atoms with Gasteiger partial charge in [-0.25, -0.2) is 8.42 Å². The summed E-state index contributed by atoms with van der Waals surface area (Å²) >= 11 is 0. The van der Waals surface area contributed by atoms with Crippen LogP contribution in [0.25, 0.3) is 0 Å². The summed E-state index contributed by atoms with van der Waals surface area (Å²) in [5, 5.41) is 10.6. The van der Waals surface area contributed by atoms with E-state index >= 15 is 0 Å². The number of benzene rings is 1.